The Morgan fingerprint density at radius 3 is 2.84 bits per heavy atom. The highest BCUT2D eigenvalue weighted by atomic mass is 79.9. The summed E-state index contributed by atoms with van der Waals surface area (Å²) in [6, 6.07) is 4.39. The van der Waals surface area contributed by atoms with Gasteiger partial charge in [-0.05, 0) is 18.6 Å². The van der Waals surface area contributed by atoms with Crippen molar-refractivity contribution in [3.63, 3.8) is 0 Å². The van der Waals surface area contributed by atoms with Gasteiger partial charge in [0.05, 0.1) is 12.6 Å². The van der Waals surface area contributed by atoms with Gasteiger partial charge in [-0.1, -0.05) is 28.9 Å². The number of carbonyl (C=O) groups is 2. The van der Waals surface area contributed by atoms with E-state index in [4.69, 9.17) is 0 Å². The first kappa shape index (κ1) is 14.1. The summed E-state index contributed by atoms with van der Waals surface area (Å²) in [5.41, 5.74) is 0.476. The SMILES string of the molecule is CCC1C(=O)NC(=O)CN1Cc1ccc(Br)cc1F. The summed E-state index contributed by atoms with van der Waals surface area (Å²) in [7, 11) is 0. The van der Waals surface area contributed by atoms with Crippen molar-refractivity contribution < 1.29 is 14.0 Å². The number of hydrogen-bond donors (Lipinski definition) is 1. The van der Waals surface area contributed by atoms with Crippen LogP contribution in [0.1, 0.15) is 18.9 Å². The van der Waals surface area contributed by atoms with Crippen LogP contribution in [-0.2, 0) is 16.1 Å². The van der Waals surface area contributed by atoms with Gasteiger partial charge in [0.1, 0.15) is 5.82 Å². The Morgan fingerprint density at radius 1 is 1.47 bits per heavy atom. The Balaban J connectivity index is 2.20. The van der Waals surface area contributed by atoms with Gasteiger partial charge in [0.15, 0.2) is 0 Å². The molecule has 0 radical (unpaired) electrons. The number of piperazine rings is 1. The fourth-order valence-electron chi connectivity index (χ4n) is 2.20. The molecule has 1 aliphatic rings. The van der Waals surface area contributed by atoms with Gasteiger partial charge in [-0.25, -0.2) is 4.39 Å². The summed E-state index contributed by atoms with van der Waals surface area (Å²) in [6.45, 7) is 2.22. The summed E-state index contributed by atoms with van der Waals surface area (Å²) in [5.74, 6) is -0.994. The van der Waals surface area contributed by atoms with E-state index in [1.54, 1.807) is 17.0 Å². The molecule has 1 saturated heterocycles. The van der Waals surface area contributed by atoms with E-state index in [0.717, 1.165) is 0 Å². The molecule has 6 heteroatoms. The van der Waals surface area contributed by atoms with E-state index < -0.39 is 0 Å². The number of benzene rings is 1. The molecule has 1 aromatic carbocycles. The number of halogens is 2. The number of rotatable bonds is 3. The highest BCUT2D eigenvalue weighted by Gasteiger charge is 2.32. The minimum atomic E-state index is -0.388. The van der Waals surface area contributed by atoms with E-state index in [1.807, 2.05) is 6.92 Å². The van der Waals surface area contributed by atoms with Gasteiger partial charge in [0.2, 0.25) is 11.8 Å². The molecule has 4 nitrogen and oxygen atoms in total. The van der Waals surface area contributed by atoms with Crippen LogP contribution in [0.2, 0.25) is 0 Å². The predicted molar refractivity (Wildman–Crippen MR) is 71.7 cm³/mol. The van der Waals surface area contributed by atoms with Crippen molar-refractivity contribution in [1.29, 1.82) is 0 Å². The van der Waals surface area contributed by atoms with Crippen LogP contribution in [-0.4, -0.2) is 29.3 Å². The molecule has 1 N–H and O–H groups in total. The van der Waals surface area contributed by atoms with Crippen molar-refractivity contribution in [2.45, 2.75) is 25.9 Å². The second-order valence-electron chi connectivity index (χ2n) is 4.48. The Morgan fingerprint density at radius 2 is 2.21 bits per heavy atom. The molecule has 2 rings (SSSR count). The summed E-state index contributed by atoms with van der Waals surface area (Å²) in [5, 5.41) is 2.30. The molecule has 0 spiro atoms. The Kier molecular flexibility index (Phi) is 4.31. The number of imide groups is 1. The fourth-order valence-corrected chi connectivity index (χ4v) is 2.53. The van der Waals surface area contributed by atoms with E-state index in [1.165, 1.54) is 6.07 Å². The average Bonchev–Trinajstić information content (AvgIpc) is 2.32. The molecule has 102 valence electrons. The van der Waals surface area contributed by atoms with Gasteiger partial charge in [-0.2, -0.15) is 0 Å². The highest BCUT2D eigenvalue weighted by Crippen LogP contribution is 2.19. The highest BCUT2D eigenvalue weighted by molar-refractivity contribution is 9.10. The summed E-state index contributed by atoms with van der Waals surface area (Å²) in [4.78, 5) is 24.8. The van der Waals surface area contributed by atoms with E-state index >= 15 is 0 Å². The second-order valence-corrected chi connectivity index (χ2v) is 5.39. The van der Waals surface area contributed by atoms with Crippen molar-refractivity contribution in [3.8, 4) is 0 Å². The van der Waals surface area contributed by atoms with Gasteiger partial charge < -0.3 is 0 Å². The van der Waals surface area contributed by atoms with Crippen LogP contribution >= 0.6 is 15.9 Å². The molecule has 0 bridgehead atoms. The van der Waals surface area contributed by atoms with Gasteiger partial charge >= 0.3 is 0 Å². The first-order chi connectivity index (χ1) is 9.01. The summed E-state index contributed by atoms with van der Waals surface area (Å²) < 4.78 is 14.4. The van der Waals surface area contributed by atoms with Gasteiger partial charge in [0, 0.05) is 16.6 Å². The molecular weight excluding hydrogens is 315 g/mol. The molecule has 0 aromatic heterocycles. The van der Waals surface area contributed by atoms with E-state index in [2.05, 4.69) is 21.2 Å². The molecule has 1 aliphatic heterocycles. The summed E-state index contributed by atoms with van der Waals surface area (Å²) in [6.07, 6.45) is 0.581. The van der Waals surface area contributed by atoms with Crippen LogP contribution in [0, 0.1) is 5.82 Å². The molecule has 0 saturated carbocycles. The molecular formula is C13H14BrFN2O2. The lowest BCUT2D eigenvalue weighted by atomic mass is 10.1. The molecule has 1 fully saturated rings. The van der Waals surface area contributed by atoms with Crippen LogP contribution < -0.4 is 5.32 Å². The number of nitrogens with zero attached hydrogens (tertiary/aromatic N) is 1. The van der Waals surface area contributed by atoms with Crippen LogP contribution in [0.15, 0.2) is 22.7 Å². The molecule has 1 heterocycles. The monoisotopic (exact) mass is 328 g/mol. The molecule has 0 aliphatic carbocycles. The van der Waals surface area contributed by atoms with E-state index in [0.29, 0.717) is 16.5 Å². The Labute approximate surface area is 119 Å². The molecule has 19 heavy (non-hydrogen) atoms. The number of hydrogen-bond acceptors (Lipinski definition) is 3. The van der Waals surface area contributed by atoms with Crippen LogP contribution in [0.4, 0.5) is 4.39 Å². The third kappa shape index (κ3) is 3.19. The lowest BCUT2D eigenvalue weighted by molar-refractivity contribution is -0.140. The molecule has 1 unspecified atom stereocenters. The zero-order valence-electron chi connectivity index (χ0n) is 10.5. The topological polar surface area (TPSA) is 49.4 Å². The maximum Gasteiger partial charge on any atom is 0.243 e. The minimum absolute atomic E-state index is 0.111. The number of amides is 2. The standard InChI is InChI=1S/C13H14BrFN2O2/c1-2-11-13(19)16-12(18)7-17(11)6-8-3-4-9(14)5-10(8)15/h3-5,11H,2,6-7H2,1H3,(H,16,18,19). The van der Waals surface area contributed by atoms with Gasteiger partial charge in [-0.15, -0.1) is 0 Å². The first-order valence-corrected chi connectivity index (χ1v) is 6.82. The Hall–Kier alpha value is -1.27. The summed E-state index contributed by atoms with van der Waals surface area (Å²) >= 11 is 3.19. The second kappa shape index (κ2) is 5.79. The smallest absolute Gasteiger partial charge is 0.243 e. The molecule has 2 amide bonds. The lowest BCUT2D eigenvalue weighted by Gasteiger charge is -2.33. The van der Waals surface area contributed by atoms with Gasteiger partial charge in [-0.3, -0.25) is 19.8 Å². The largest absolute Gasteiger partial charge is 0.294 e. The maximum absolute atomic E-state index is 13.8. The van der Waals surface area contributed by atoms with Crippen molar-refractivity contribution in [1.82, 2.24) is 10.2 Å². The lowest BCUT2D eigenvalue weighted by Crippen LogP contribution is -2.57. The van der Waals surface area contributed by atoms with Crippen molar-refractivity contribution in [2.75, 3.05) is 6.54 Å². The van der Waals surface area contributed by atoms with Crippen LogP contribution in [0.5, 0.6) is 0 Å². The predicted octanol–water partition coefficient (Wildman–Crippen LogP) is 1.83. The van der Waals surface area contributed by atoms with Crippen LogP contribution in [0.25, 0.3) is 0 Å². The first-order valence-electron chi connectivity index (χ1n) is 6.03. The molecule has 1 atom stereocenters. The Bertz CT molecular complexity index is 521. The number of carbonyl (C=O) groups excluding carboxylic acids is 2. The minimum Gasteiger partial charge on any atom is -0.294 e. The van der Waals surface area contributed by atoms with Gasteiger partial charge in [0.25, 0.3) is 0 Å². The van der Waals surface area contributed by atoms with E-state index in [9.17, 15) is 14.0 Å². The van der Waals surface area contributed by atoms with Crippen molar-refractivity contribution in [3.05, 3.63) is 34.1 Å². The quantitative estimate of drug-likeness (QED) is 0.861. The third-order valence-electron chi connectivity index (χ3n) is 3.13. The number of nitrogens with one attached hydrogen (secondary N) is 1. The zero-order valence-corrected chi connectivity index (χ0v) is 12.0. The third-order valence-corrected chi connectivity index (χ3v) is 3.62. The normalized spacial score (nSPS) is 20.5. The molecule has 1 aromatic rings. The maximum atomic E-state index is 13.8. The zero-order chi connectivity index (χ0) is 14.0. The van der Waals surface area contributed by atoms with Crippen LogP contribution in [0.3, 0.4) is 0 Å². The average molecular weight is 329 g/mol. The van der Waals surface area contributed by atoms with Crippen molar-refractivity contribution >= 4 is 27.7 Å². The van der Waals surface area contributed by atoms with Crippen molar-refractivity contribution in [2.24, 2.45) is 0 Å². The fraction of sp³-hybridized carbons (Fsp3) is 0.385. The van der Waals surface area contributed by atoms with E-state index in [-0.39, 0.29) is 36.8 Å².